The Kier molecular flexibility index (Phi) is 3.77. The molecule has 0 fully saturated rings. The van der Waals surface area contributed by atoms with Gasteiger partial charge in [-0.05, 0) is 37.5 Å². The summed E-state index contributed by atoms with van der Waals surface area (Å²) < 4.78 is 5.78. The van der Waals surface area contributed by atoms with Gasteiger partial charge in [-0.25, -0.2) is 0 Å². The maximum atomic E-state index is 11.5. The van der Waals surface area contributed by atoms with E-state index in [2.05, 4.69) is 22.5 Å². The Morgan fingerprint density at radius 2 is 2.17 bits per heavy atom. The van der Waals surface area contributed by atoms with Crippen LogP contribution in [-0.4, -0.2) is 17.9 Å². The molecule has 4 nitrogen and oxygen atoms in total. The second kappa shape index (κ2) is 5.49. The number of carbonyl (C=O) groups is 1. The van der Waals surface area contributed by atoms with Gasteiger partial charge in [0.1, 0.15) is 17.2 Å². The van der Waals surface area contributed by atoms with Crippen LogP contribution in [0.2, 0.25) is 0 Å². The highest BCUT2D eigenvalue weighted by atomic mass is 16.5. The molecule has 0 unspecified atom stereocenters. The molecule has 0 saturated heterocycles. The number of hydrogen-bond donors (Lipinski definition) is 1. The van der Waals surface area contributed by atoms with Crippen LogP contribution in [0.1, 0.15) is 30.3 Å². The minimum absolute atomic E-state index is 0.217. The number of aromatic nitrogens is 1. The van der Waals surface area contributed by atoms with E-state index in [4.69, 9.17) is 4.74 Å². The van der Waals surface area contributed by atoms with Gasteiger partial charge in [-0.3, -0.25) is 9.78 Å². The van der Waals surface area contributed by atoms with Crippen LogP contribution in [0.4, 0.5) is 0 Å². The third-order valence-electron chi connectivity index (χ3n) is 2.75. The number of allylic oxidation sites excluding steroid dienone is 3. The monoisotopic (exact) mass is 244 g/mol. The molecule has 0 atom stereocenters. The number of carbonyl (C=O) groups excluding carboxylic acids is 1. The fourth-order valence-electron chi connectivity index (χ4n) is 1.75. The molecule has 1 heterocycles. The van der Waals surface area contributed by atoms with Gasteiger partial charge in [0.15, 0.2) is 0 Å². The fraction of sp³-hybridized carbons (Fsp3) is 0.286. The van der Waals surface area contributed by atoms with Crippen molar-refractivity contribution < 1.29 is 9.53 Å². The van der Waals surface area contributed by atoms with E-state index in [1.54, 1.807) is 25.4 Å². The molecule has 2 rings (SSSR count). The summed E-state index contributed by atoms with van der Waals surface area (Å²) in [5.41, 5.74) is 1.48. The van der Waals surface area contributed by atoms with Crippen molar-refractivity contribution in [1.82, 2.24) is 10.3 Å². The van der Waals surface area contributed by atoms with Crippen LogP contribution in [-0.2, 0) is 0 Å². The van der Waals surface area contributed by atoms with E-state index < -0.39 is 0 Å². The first kappa shape index (κ1) is 12.4. The van der Waals surface area contributed by atoms with E-state index >= 15 is 0 Å². The lowest BCUT2D eigenvalue weighted by molar-refractivity contribution is 0.0958. The summed E-state index contributed by atoms with van der Waals surface area (Å²) in [4.78, 5) is 15.5. The number of nitrogens with one attached hydrogen (secondary N) is 1. The lowest BCUT2D eigenvalue weighted by atomic mass is 10.1. The van der Waals surface area contributed by atoms with Crippen molar-refractivity contribution in [3.8, 4) is 5.75 Å². The van der Waals surface area contributed by atoms with Crippen molar-refractivity contribution >= 4 is 5.91 Å². The van der Waals surface area contributed by atoms with E-state index in [-0.39, 0.29) is 5.91 Å². The molecule has 1 aliphatic rings. The van der Waals surface area contributed by atoms with Gasteiger partial charge in [0, 0.05) is 19.3 Å². The van der Waals surface area contributed by atoms with Gasteiger partial charge in [0.25, 0.3) is 5.91 Å². The summed E-state index contributed by atoms with van der Waals surface area (Å²) in [6.45, 7) is 2.02. The molecule has 4 heteroatoms. The minimum atomic E-state index is -0.217. The topological polar surface area (TPSA) is 51.2 Å². The summed E-state index contributed by atoms with van der Waals surface area (Å²) in [6.07, 6.45) is 7.83. The molecule has 0 bridgehead atoms. The second-order valence-electron chi connectivity index (χ2n) is 4.09. The molecule has 1 aromatic rings. The largest absolute Gasteiger partial charge is 0.457 e. The highest BCUT2D eigenvalue weighted by molar-refractivity contribution is 5.92. The van der Waals surface area contributed by atoms with Crippen LogP contribution in [0.5, 0.6) is 5.75 Å². The van der Waals surface area contributed by atoms with E-state index in [0.29, 0.717) is 11.4 Å². The number of ether oxygens (including phenoxy) is 1. The summed E-state index contributed by atoms with van der Waals surface area (Å²) in [7, 11) is 1.58. The summed E-state index contributed by atoms with van der Waals surface area (Å²) in [5.74, 6) is 1.27. The quantitative estimate of drug-likeness (QED) is 0.888. The van der Waals surface area contributed by atoms with Crippen molar-refractivity contribution in [1.29, 1.82) is 0 Å². The maximum Gasteiger partial charge on any atom is 0.269 e. The number of nitrogens with zero attached hydrogens (tertiary/aromatic N) is 1. The maximum absolute atomic E-state index is 11.5. The highest BCUT2D eigenvalue weighted by Gasteiger charge is 2.10. The normalized spacial score (nSPS) is 14.6. The number of rotatable bonds is 3. The van der Waals surface area contributed by atoms with E-state index in [9.17, 15) is 4.79 Å². The Balaban J connectivity index is 2.17. The number of amides is 1. The van der Waals surface area contributed by atoms with Crippen LogP contribution < -0.4 is 10.1 Å². The molecule has 94 valence electrons. The van der Waals surface area contributed by atoms with Crippen LogP contribution in [0, 0.1) is 0 Å². The fourth-order valence-corrected chi connectivity index (χ4v) is 1.75. The lowest BCUT2D eigenvalue weighted by Crippen LogP contribution is -2.19. The minimum Gasteiger partial charge on any atom is -0.457 e. The van der Waals surface area contributed by atoms with Crippen molar-refractivity contribution in [2.75, 3.05) is 7.05 Å². The summed E-state index contributed by atoms with van der Waals surface area (Å²) in [5, 5.41) is 2.54. The van der Waals surface area contributed by atoms with Gasteiger partial charge in [-0.15, -0.1) is 0 Å². The Labute approximate surface area is 106 Å². The molecule has 0 spiro atoms. The molecule has 18 heavy (non-hydrogen) atoms. The van der Waals surface area contributed by atoms with Crippen LogP contribution in [0.3, 0.4) is 0 Å². The Morgan fingerprint density at radius 3 is 2.89 bits per heavy atom. The zero-order valence-electron chi connectivity index (χ0n) is 10.6. The Morgan fingerprint density at radius 1 is 1.39 bits per heavy atom. The van der Waals surface area contributed by atoms with Crippen LogP contribution in [0.25, 0.3) is 0 Å². The average molecular weight is 244 g/mol. The van der Waals surface area contributed by atoms with E-state index in [1.807, 2.05) is 6.92 Å². The van der Waals surface area contributed by atoms with Crippen molar-refractivity contribution in [3.63, 3.8) is 0 Å². The van der Waals surface area contributed by atoms with Gasteiger partial charge < -0.3 is 10.1 Å². The molecule has 0 aliphatic heterocycles. The molecule has 1 aliphatic carbocycles. The number of hydrogen-bond acceptors (Lipinski definition) is 3. The van der Waals surface area contributed by atoms with Crippen molar-refractivity contribution in [2.45, 2.75) is 19.8 Å². The van der Waals surface area contributed by atoms with Gasteiger partial charge in [-0.2, -0.15) is 0 Å². The van der Waals surface area contributed by atoms with Crippen molar-refractivity contribution in [2.24, 2.45) is 0 Å². The number of pyridine rings is 1. The second-order valence-corrected chi connectivity index (χ2v) is 4.09. The molecular weight excluding hydrogens is 228 g/mol. The van der Waals surface area contributed by atoms with Gasteiger partial charge in [-0.1, -0.05) is 6.08 Å². The molecule has 1 amide bonds. The molecular formula is C14H16N2O2. The Hall–Kier alpha value is -2.10. The predicted molar refractivity (Wildman–Crippen MR) is 69.3 cm³/mol. The predicted octanol–water partition coefficient (Wildman–Crippen LogP) is 2.44. The summed E-state index contributed by atoms with van der Waals surface area (Å²) >= 11 is 0. The molecule has 0 aromatic carbocycles. The van der Waals surface area contributed by atoms with E-state index in [1.165, 1.54) is 0 Å². The zero-order valence-corrected chi connectivity index (χ0v) is 10.6. The average Bonchev–Trinajstić information content (AvgIpc) is 2.41. The van der Waals surface area contributed by atoms with Gasteiger partial charge >= 0.3 is 0 Å². The molecule has 1 N–H and O–H groups in total. The first-order valence-electron chi connectivity index (χ1n) is 5.94. The van der Waals surface area contributed by atoms with Crippen molar-refractivity contribution in [3.05, 3.63) is 47.5 Å². The van der Waals surface area contributed by atoms with Gasteiger partial charge in [0.2, 0.25) is 0 Å². The smallest absolute Gasteiger partial charge is 0.269 e. The SMILES string of the molecule is CNC(=O)c1cc(OC2=CCCC=C2C)ccn1. The highest BCUT2D eigenvalue weighted by Crippen LogP contribution is 2.22. The first-order chi connectivity index (χ1) is 8.70. The third-order valence-corrected chi connectivity index (χ3v) is 2.75. The zero-order chi connectivity index (χ0) is 13.0. The molecule has 0 radical (unpaired) electrons. The first-order valence-corrected chi connectivity index (χ1v) is 5.94. The van der Waals surface area contributed by atoms with E-state index in [0.717, 1.165) is 24.2 Å². The third kappa shape index (κ3) is 2.77. The summed E-state index contributed by atoms with van der Waals surface area (Å²) in [6, 6.07) is 3.39. The van der Waals surface area contributed by atoms with Crippen LogP contribution in [0.15, 0.2) is 41.8 Å². The molecule has 1 aromatic heterocycles. The van der Waals surface area contributed by atoms with Gasteiger partial charge in [0.05, 0.1) is 0 Å². The lowest BCUT2D eigenvalue weighted by Gasteiger charge is -2.14. The van der Waals surface area contributed by atoms with Crippen LogP contribution >= 0.6 is 0 Å². The Bertz CT molecular complexity index is 518. The molecule has 0 saturated carbocycles. The standard InChI is InChI=1S/C14H16N2O2/c1-10-5-3-4-6-13(10)18-11-7-8-16-12(9-11)14(17)15-2/h5-9H,3-4H2,1-2H3,(H,15,17).